The number of sulfonamides is 1. The first-order valence-corrected chi connectivity index (χ1v) is 11.4. The van der Waals surface area contributed by atoms with Crippen LogP contribution in [0, 0.1) is 17.0 Å². The molecule has 1 saturated heterocycles. The van der Waals surface area contributed by atoms with E-state index in [1.165, 1.54) is 36.4 Å². The van der Waals surface area contributed by atoms with Gasteiger partial charge in [0.05, 0.1) is 9.82 Å². The summed E-state index contributed by atoms with van der Waals surface area (Å²) in [6.07, 6.45) is 0.653. The van der Waals surface area contributed by atoms with Gasteiger partial charge in [0.1, 0.15) is 12.1 Å². The second-order valence-corrected chi connectivity index (χ2v) is 9.50. The SMILES string of the molecule is Cc1ccc(S(=O)(=O)N2CCC[C@H]2C(=O)N[C@@H](Cc2ccc([N+](=O)[O-])cc2)C(=O)O)cc1. The van der Waals surface area contributed by atoms with Crippen molar-refractivity contribution in [3.05, 3.63) is 69.8 Å². The van der Waals surface area contributed by atoms with Crippen molar-refractivity contribution in [2.24, 2.45) is 0 Å². The van der Waals surface area contributed by atoms with Gasteiger partial charge in [-0.3, -0.25) is 14.9 Å². The highest BCUT2D eigenvalue weighted by Crippen LogP contribution is 2.26. The van der Waals surface area contributed by atoms with E-state index in [-0.39, 0.29) is 30.0 Å². The number of carboxylic acids is 1. The molecule has 0 bridgehead atoms. The van der Waals surface area contributed by atoms with E-state index in [0.717, 1.165) is 9.87 Å². The maximum atomic E-state index is 13.0. The molecule has 1 amide bonds. The number of nitrogens with zero attached hydrogens (tertiary/aromatic N) is 2. The number of carboxylic acid groups (broad SMARTS) is 1. The third-order valence-electron chi connectivity index (χ3n) is 5.34. The Labute approximate surface area is 185 Å². The van der Waals surface area contributed by atoms with E-state index in [0.29, 0.717) is 12.0 Å². The third-order valence-corrected chi connectivity index (χ3v) is 7.26. The summed E-state index contributed by atoms with van der Waals surface area (Å²) in [6, 6.07) is 9.32. The van der Waals surface area contributed by atoms with Crippen molar-refractivity contribution in [2.75, 3.05) is 6.54 Å². The number of carbonyl (C=O) groups is 2. The first-order valence-electron chi connectivity index (χ1n) is 9.94. The Balaban J connectivity index is 1.74. The van der Waals surface area contributed by atoms with Crippen molar-refractivity contribution in [1.82, 2.24) is 9.62 Å². The standard InChI is InChI=1S/C21H23N3O7S/c1-14-4-10-17(11-5-14)32(30,31)23-12-2-3-19(23)20(25)22-18(21(26)27)13-15-6-8-16(9-7-15)24(28)29/h4-11,18-19H,2-3,12-13H2,1H3,(H,22,25)(H,26,27)/t18-,19-/m0/s1. The highest BCUT2D eigenvalue weighted by molar-refractivity contribution is 7.89. The number of amides is 1. The van der Waals surface area contributed by atoms with Crippen LogP contribution in [0.5, 0.6) is 0 Å². The van der Waals surface area contributed by atoms with Gasteiger partial charge in [-0.1, -0.05) is 29.8 Å². The zero-order valence-electron chi connectivity index (χ0n) is 17.3. The van der Waals surface area contributed by atoms with Crippen LogP contribution in [0.25, 0.3) is 0 Å². The van der Waals surface area contributed by atoms with Gasteiger partial charge < -0.3 is 10.4 Å². The maximum absolute atomic E-state index is 13.0. The number of rotatable bonds is 8. The molecule has 1 aliphatic heterocycles. The molecule has 1 fully saturated rings. The lowest BCUT2D eigenvalue weighted by Crippen LogP contribution is -2.51. The number of nitro groups is 1. The van der Waals surface area contributed by atoms with Crippen LogP contribution in [-0.4, -0.2) is 53.3 Å². The monoisotopic (exact) mass is 461 g/mol. The zero-order chi connectivity index (χ0) is 23.5. The molecule has 170 valence electrons. The summed E-state index contributed by atoms with van der Waals surface area (Å²) in [4.78, 5) is 34.8. The molecule has 11 heteroatoms. The van der Waals surface area contributed by atoms with Crippen molar-refractivity contribution in [3.8, 4) is 0 Å². The van der Waals surface area contributed by atoms with Gasteiger partial charge in [0.25, 0.3) is 5.69 Å². The summed E-state index contributed by atoms with van der Waals surface area (Å²) in [5.74, 6) is -1.98. The average Bonchev–Trinajstić information content (AvgIpc) is 3.25. The quantitative estimate of drug-likeness (QED) is 0.450. The summed E-state index contributed by atoms with van der Waals surface area (Å²) in [7, 11) is -3.92. The topological polar surface area (TPSA) is 147 Å². The molecule has 1 heterocycles. The number of nitrogens with one attached hydrogen (secondary N) is 1. The maximum Gasteiger partial charge on any atom is 0.326 e. The normalized spacial score (nSPS) is 17.6. The Kier molecular flexibility index (Phi) is 6.90. The predicted octanol–water partition coefficient (Wildman–Crippen LogP) is 1.87. The van der Waals surface area contributed by atoms with Gasteiger partial charge >= 0.3 is 5.97 Å². The molecule has 0 aromatic heterocycles. The van der Waals surface area contributed by atoms with Gasteiger partial charge in [0.2, 0.25) is 15.9 Å². The number of benzene rings is 2. The van der Waals surface area contributed by atoms with Crippen LogP contribution >= 0.6 is 0 Å². The number of aryl methyl sites for hydroxylation is 1. The number of non-ortho nitro benzene ring substituents is 1. The first kappa shape index (κ1) is 23.4. The number of aliphatic carboxylic acids is 1. The van der Waals surface area contributed by atoms with Crippen molar-refractivity contribution in [3.63, 3.8) is 0 Å². The molecule has 1 aliphatic rings. The van der Waals surface area contributed by atoms with Crippen LogP contribution < -0.4 is 5.32 Å². The molecule has 2 aromatic rings. The van der Waals surface area contributed by atoms with E-state index in [2.05, 4.69) is 5.32 Å². The van der Waals surface area contributed by atoms with E-state index in [1.54, 1.807) is 12.1 Å². The van der Waals surface area contributed by atoms with Crippen molar-refractivity contribution >= 4 is 27.6 Å². The molecule has 10 nitrogen and oxygen atoms in total. The van der Waals surface area contributed by atoms with Gasteiger partial charge in [-0.2, -0.15) is 4.31 Å². The van der Waals surface area contributed by atoms with Gasteiger partial charge in [0, 0.05) is 25.1 Å². The molecule has 3 rings (SSSR count). The van der Waals surface area contributed by atoms with Crippen molar-refractivity contribution < 1.29 is 28.0 Å². The van der Waals surface area contributed by atoms with Crippen molar-refractivity contribution in [1.29, 1.82) is 0 Å². The molecule has 0 radical (unpaired) electrons. The minimum Gasteiger partial charge on any atom is -0.480 e. The van der Waals surface area contributed by atoms with Gasteiger partial charge in [-0.15, -0.1) is 0 Å². The van der Waals surface area contributed by atoms with Crippen LogP contribution in [-0.2, 0) is 26.0 Å². The van der Waals surface area contributed by atoms with Crippen LogP contribution in [0.1, 0.15) is 24.0 Å². The Morgan fingerprint density at radius 3 is 2.38 bits per heavy atom. The van der Waals surface area contributed by atoms with E-state index in [4.69, 9.17) is 0 Å². The summed E-state index contributed by atoms with van der Waals surface area (Å²) in [5.41, 5.74) is 1.25. The third kappa shape index (κ3) is 5.11. The Bertz CT molecular complexity index is 1120. The smallest absolute Gasteiger partial charge is 0.326 e. The Morgan fingerprint density at radius 2 is 1.81 bits per heavy atom. The van der Waals surface area contributed by atoms with Crippen LogP contribution in [0.2, 0.25) is 0 Å². The summed E-state index contributed by atoms with van der Waals surface area (Å²) < 4.78 is 27.2. The van der Waals surface area contributed by atoms with E-state index in [1.807, 2.05) is 6.92 Å². The second kappa shape index (κ2) is 9.45. The summed E-state index contributed by atoms with van der Waals surface area (Å²) >= 11 is 0. The van der Waals surface area contributed by atoms with Gasteiger partial charge in [-0.25, -0.2) is 13.2 Å². The van der Waals surface area contributed by atoms with Gasteiger partial charge in [0.15, 0.2) is 0 Å². The fourth-order valence-corrected chi connectivity index (χ4v) is 5.25. The largest absolute Gasteiger partial charge is 0.480 e. The molecule has 0 saturated carbocycles. The molecule has 0 unspecified atom stereocenters. The lowest BCUT2D eigenvalue weighted by molar-refractivity contribution is -0.384. The van der Waals surface area contributed by atoms with Crippen LogP contribution in [0.15, 0.2) is 53.4 Å². The average molecular weight is 461 g/mol. The predicted molar refractivity (Wildman–Crippen MR) is 114 cm³/mol. The minimum absolute atomic E-state index is 0.0727. The number of hydrogen-bond acceptors (Lipinski definition) is 6. The number of nitro benzene ring substituents is 1. The van der Waals surface area contributed by atoms with E-state index in [9.17, 15) is 33.2 Å². The van der Waals surface area contributed by atoms with E-state index < -0.39 is 38.9 Å². The summed E-state index contributed by atoms with van der Waals surface area (Å²) in [5, 5.41) is 22.7. The molecule has 2 aromatic carbocycles. The first-order chi connectivity index (χ1) is 15.1. The Morgan fingerprint density at radius 1 is 1.19 bits per heavy atom. The fraction of sp³-hybridized carbons (Fsp3) is 0.333. The van der Waals surface area contributed by atoms with Gasteiger partial charge in [-0.05, 0) is 37.5 Å². The van der Waals surface area contributed by atoms with E-state index >= 15 is 0 Å². The highest BCUT2D eigenvalue weighted by Gasteiger charge is 2.40. The van der Waals surface area contributed by atoms with Crippen molar-refractivity contribution in [2.45, 2.75) is 43.2 Å². The molecule has 0 aliphatic carbocycles. The summed E-state index contributed by atoms with van der Waals surface area (Å²) in [6.45, 7) is 1.99. The molecule has 2 atom stereocenters. The lowest BCUT2D eigenvalue weighted by Gasteiger charge is -2.25. The minimum atomic E-state index is -3.92. The molecular weight excluding hydrogens is 438 g/mol. The zero-order valence-corrected chi connectivity index (χ0v) is 18.1. The second-order valence-electron chi connectivity index (χ2n) is 7.61. The molecule has 32 heavy (non-hydrogen) atoms. The Hall–Kier alpha value is -3.31. The highest BCUT2D eigenvalue weighted by atomic mass is 32.2. The lowest BCUT2D eigenvalue weighted by atomic mass is 10.0. The number of carbonyl (C=O) groups excluding carboxylic acids is 1. The molecule has 0 spiro atoms. The fourth-order valence-electron chi connectivity index (χ4n) is 3.59. The number of hydrogen-bond donors (Lipinski definition) is 2. The molecular formula is C21H23N3O7S. The van der Waals surface area contributed by atoms with Crippen LogP contribution in [0.3, 0.4) is 0 Å². The molecule has 2 N–H and O–H groups in total. The van der Waals surface area contributed by atoms with Crippen LogP contribution in [0.4, 0.5) is 5.69 Å².